The summed E-state index contributed by atoms with van der Waals surface area (Å²) in [5.41, 5.74) is 2.34. The zero-order valence-electron chi connectivity index (χ0n) is 15.3. The molecule has 0 fully saturated rings. The van der Waals surface area contributed by atoms with Crippen LogP contribution < -0.4 is 0 Å². The van der Waals surface area contributed by atoms with Crippen LogP contribution in [0.4, 0.5) is 0 Å². The third-order valence-corrected chi connectivity index (χ3v) is 4.93. The average Bonchev–Trinajstić information content (AvgIpc) is 3.17. The second-order valence-electron chi connectivity index (χ2n) is 6.61. The van der Waals surface area contributed by atoms with E-state index < -0.39 is 0 Å². The van der Waals surface area contributed by atoms with Crippen LogP contribution in [-0.4, -0.2) is 46.5 Å². The maximum absolute atomic E-state index is 12.9. The summed E-state index contributed by atoms with van der Waals surface area (Å²) >= 11 is 0. The van der Waals surface area contributed by atoms with Crippen molar-refractivity contribution in [2.75, 3.05) is 26.2 Å². The van der Waals surface area contributed by atoms with Crippen molar-refractivity contribution in [1.29, 1.82) is 10.5 Å². The zero-order valence-corrected chi connectivity index (χ0v) is 15.3. The highest BCUT2D eigenvalue weighted by Gasteiger charge is 2.30. The second-order valence-corrected chi connectivity index (χ2v) is 6.61. The Kier molecular flexibility index (Phi) is 6.25. The predicted octanol–water partition coefficient (Wildman–Crippen LogP) is 2.55. The maximum Gasteiger partial charge on any atom is 0.236 e. The monoisotopic (exact) mass is 361 g/mol. The number of hydrogen-bond donors (Lipinski definition) is 0. The second kappa shape index (κ2) is 9.02. The number of nitriles is 2. The number of amides is 1. The molecule has 1 atom stereocenters. The van der Waals surface area contributed by atoms with Gasteiger partial charge in [0, 0.05) is 38.1 Å². The van der Waals surface area contributed by atoms with Gasteiger partial charge in [-0.1, -0.05) is 30.3 Å². The lowest BCUT2D eigenvalue weighted by Crippen LogP contribution is -2.46. The first-order valence-corrected chi connectivity index (χ1v) is 9.20. The lowest BCUT2D eigenvalue weighted by Gasteiger charge is -2.38. The van der Waals surface area contributed by atoms with Gasteiger partial charge in [0.2, 0.25) is 5.91 Å². The fourth-order valence-electron chi connectivity index (χ4n) is 3.62. The molecule has 1 amide bonds. The number of rotatable bonds is 7. The van der Waals surface area contributed by atoms with E-state index in [4.69, 9.17) is 10.5 Å². The molecule has 2 heterocycles. The molecule has 1 aliphatic rings. The van der Waals surface area contributed by atoms with Crippen molar-refractivity contribution in [3.63, 3.8) is 0 Å². The van der Waals surface area contributed by atoms with Crippen molar-refractivity contribution in [2.24, 2.45) is 0 Å². The first-order chi connectivity index (χ1) is 13.2. The standard InChI is InChI=1S/C21H23N5O/c22-10-5-13-25(14-6-11-23)20(27)17-26-16-15-24-12-4-9-19(24)21(26)18-7-2-1-3-8-18/h1-4,7-9,12,21H,5-6,13-17H2/t21-/m1/s1. The summed E-state index contributed by atoms with van der Waals surface area (Å²) in [6.07, 6.45) is 2.64. The molecule has 0 spiro atoms. The first-order valence-electron chi connectivity index (χ1n) is 9.20. The fourth-order valence-corrected chi connectivity index (χ4v) is 3.62. The molecule has 0 radical (unpaired) electrons. The summed E-state index contributed by atoms with van der Waals surface area (Å²) in [5, 5.41) is 17.7. The molecular weight excluding hydrogens is 338 g/mol. The summed E-state index contributed by atoms with van der Waals surface area (Å²) in [5.74, 6) is -0.0264. The summed E-state index contributed by atoms with van der Waals surface area (Å²) < 4.78 is 2.24. The van der Waals surface area contributed by atoms with Crippen molar-refractivity contribution in [3.05, 3.63) is 59.9 Å². The quantitative estimate of drug-likeness (QED) is 0.759. The number of carbonyl (C=O) groups is 1. The van der Waals surface area contributed by atoms with Gasteiger partial charge in [-0.3, -0.25) is 9.69 Å². The number of carbonyl (C=O) groups excluding carboxylic acids is 1. The van der Waals surface area contributed by atoms with Gasteiger partial charge in [-0.05, 0) is 17.7 Å². The van der Waals surface area contributed by atoms with Gasteiger partial charge in [-0.25, -0.2) is 0 Å². The smallest absolute Gasteiger partial charge is 0.236 e. The number of aromatic nitrogens is 1. The minimum Gasteiger partial charge on any atom is -0.348 e. The summed E-state index contributed by atoms with van der Waals surface area (Å²) in [7, 11) is 0. The van der Waals surface area contributed by atoms with Gasteiger partial charge in [0.15, 0.2) is 0 Å². The summed E-state index contributed by atoms with van der Waals surface area (Å²) in [4.78, 5) is 16.7. The Hall–Kier alpha value is -3.09. The normalized spacial score (nSPS) is 16.1. The molecule has 0 saturated carbocycles. The lowest BCUT2D eigenvalue weighted by atomic mass is 10.00. The van der Waals surface area contributed by atoms with Crippen LogP contribution in [-0.2, 0) is 11.3 Å². The molecule has 0 saturated heterocycles. The van der Waals surface area contributed by atoms with Gasteiger partial charge in [-0.15, -0.1) is 0 Å². The largest absolute Gasteiger partial charge is 0.348 e. The van der Waals surface area contributed by atoms with Gasteiger partial charge in [0.1, 0.15) is 0 Å². The van der Waals surface area contributed by atoms with Crippen LogP contribution in [0.25, 0.3) is 0 Å². The van der Waals surface area contributed by atoms with Crippen LogP contribution in [0, 0.1) is 22.7 Å². The average molecular weight is 361 g/mol. The topological polar surface area (TPSA) is 76.1 Å². The van der Waals surface area contributed by atoms with Crippen LogP contribution in [0.2, 0.25) is 0 Å². The molecule has 6 nitrogen and oxygen atoms in total. The van der Waals surface area contributed by atoms with E-state index in [2.05, 4.69) is 46.0 Å². The van der Waals surface area contributed by atoms with Crippen molar-refractivity contribution in [1.82, 2.24) is 14.4 Å². The number of hydrogen-bond acceptors (Lipinski definition) is 4. The fraction of sp³-hybridized carbons (Fsp3) is 0.381. The molecule has 0 N–H and O–H groups in total. The van der Waals surface area contributed by atoms with Gasteiger partial charge in [-0.2, -0.15) is 10.5 Å². The summed E-state index contributed by atoms with van der Waals surface area (Å²) in [6, 6.07) is 18.6. The molecule has 2 aromatic rings. The zero-order chi connectivity index (χ0) is 19.1. The molecule has 1 aromatic carbocycles. The van der Waals surface area contributed by atoms with Crippen LogP contribution in [0.1, 0.15) is 30.1 Å². The van der Waals surface area contributed by atoms with Crippen LogP contribution in [0.5, 0.6) is 0 Å². The van der Waals surface area contributed by atoms with Crippen LogP contribution in [0.3, 0.4) is 0 Å². The molecule has 1 aromatic heterocycles. The number of fused-ring (bicyclic) bond motifs is 1. The van der Waals surface area contributed by atoms with E-state index in [9.17, 15) is 4.79 Å². The SMILES string of the molecule is N#CCCN(CCC#N)C(=O)CN1CCn2cccc2[C@H]1c1ccccc1. The third kappa shape index (κ3) is 4.36. The maximum atomic E-state index is 12.9. The van der Waals surface area contributed by atoms with Crippen molar-refractivity contribution >= 4 is 5.91 Å². The van der Waals surface area contributed by atoms with Crippen molar-refractivity contribution in [2.45, 2.75) is 25.4 Å². The van der Waals surface area contributed by atoms with Gasteiger partial charge < -0.3 is 9.47 Å². The van der Waals surface area contributed by atoms with E-state index in [1.807, 2.05) is 24.3 Å². The van der Waals surface area contributed by atoms with E-state index in [-0.39, 0.29) is 31.3 Å². The molecule has 6 heteroatoms. The predicted molar refractivity (Wildman–Crippen MR) is 101 cm³/mol. The Morgan fingerprint density at radius 2 is 1.74 bits per heavy atom. The molecule has 1 aliphatic heterocycles. The highest BCUT2D eigenvalue weighted by atomic mass is 16.2. The van der Waals surface area contributed by atoms with Crippen molar-refractivity contribution < 1.29 is 4.79 Å². The van der Waals surface area contributed by atoms with E-state index in [0.717, 1.165) is 18.7 Å². The van der Waals surface area contributed by atoms with Crippen LogP contribution >= 0.6 is 0 Å². The number of benzene rings is 1. The Labute approximate surface area is 159 Å². The van der Waals surface area contributed by atoms with E-state index in [0.29, 0.717) is 13.1 Å². The molecule has 3 rings (SSSR count). The Balaban J connectivity index is 1.80. The van der Waals surface area contributed by atoms with Gasteiger partial charge in [0.05, 0.1) is 37.6 Å². The first kappa shape index (κ1) is 18.7. The van der Waals surface area contributed by atoms with E-state index >= 15 is 0 Å². The number of nitrogens with zero attached hydrogens (tertiary/aromatic N) is 5. The minimum absolute atomic E-state index is 0.0210. The molecular formula is C21H23N5O. The molecule has 0 bridgehead atoms. The third-order valence-electron chi connectivity index (χ3n) is 4.93. The Morgan fingerprint density at radius 3 is 2.41 bits per heavy atom. The highest BCUT2D eigenvalue weighted by Crippen LogP contribution is 2.32. The lowest BCUT2D eigenvalue weighted by molar-refractivity contribution is -0.133. The summed E-state index contributed by atoms with van der Waals surface area (Å²) in [6.45, 7) is 2.64. The van der Waals surface area contributed by atoms with Gasteiger partial charge in [0.25, 0.3) is 0 Å². The van der Waals surface area contributed by atoms with E-state index in [1.54, 1.807) is 4.90 Å². The van der Waals surface area contributed by atoms with E-state index in [1.165, 1.54) is 5.69 Å². The highest BCUT2D eigenvalue weighted by molar-refractivity contribution is 5.78. The van der Waals surface area contributed by atoms with Crippen LogP contribution in [0.15, 0.2) is 48.7 Å². The van der Waals surface area contributed by atoms with Crippen molar-refractivity contribution in [3.8, 4) is 12.1 Å². The molecule has 27 heavy (non-hydrogen) atoms. The Bertz CT molecular complexity index is 827. The minimum atomic E-state index is -0.0264. The molecule has 138 valence electrons. The Morgan fingerprint density at radius 1 is 1.04 bits per heavy atom. The van der Waals surface area contributed by atoms with Gasteiger partial charge >= 0.3 is 0 Å². The molecule has 0 unspecified atom stereocenters. The molecule has 0 aliphatic carbocycles.